The molecule has 0 aromatic rings. The summed E-state index contributed by atoms with van der Waals surface area (Å²) in [6.45, 7) is 7.12. The van der Waals surface area contributed by atoms with Crippen molar-refractivity contribution in [3.63, 3.8) is 0 Å². The number of rotatable bonds is 4. The molecule has 0 N–H and O–H groups in total. The minimum atomic E-state index is 0.653. The first-order valence-electron chi connectivity index (χ1n) is 6.30. The van der Waals surface area contributed by atoms with Gasteiger partial charge in [-0.3, -0.25) is 0 Å². The Balaban J connectivity index is 2.35. The molecule has 14 heavy (non-hydrogen) atoms. The summed E-state index contributed by atoms with van der Waals surface area (Å²) in [7, 11) is 0. The van der Waals surface area contributed by atoms with Gasteiger partial charge in [0.2, 0.25) is 0 Å². The summed E-state index contributed by atoms with van der Waals surface area (Å²) in [6.07, 6.45) is 10.1. The van der Waals surface area contributed by atoms with Crippen LogP contribution in [0.2, 0.25) is 0 Å². The third kappa shape index (κ3) is 3.39. The van der Waals surface area contributed by atoms with Gasteiger partial charge < -0.3 is 0 Å². The molecule has 0 amide bonds. The molecule has 0 aromatic carbocycles. The van der Waals surface area contributed by atoms with E-state index < -0.39 is 0 Å². The highest BCUT2D eigenvalue weighted by atomic mass is 127. The number of alkyl halides is 1. The third-order valence-corrected chi connectivity index (χ3v) is 5.95. The van der Waals surface area contributed by atoms with Gasteiger partial charge in [0.25, 0.3) is 0 Å². The molecule has 0 aliphatic heterocycles. The number of hydrogen-bond acceptors (Lipinski definition) is 0. The molecule has 1 heteroatoms. The Morgan fingerprint density at radius 1 is 1.29 bits per heavy atom. The Bertz CT molecular complexity index is 157. The molecule has 1 aliphatic rings. The summed E-state index contributed by atoms with van der Waals surface area (Å²) in [5, 5.41) is 0. The molecule has 1 atom stereocenters. The maximum atomic E-state index is 2.71. The maximum absolute atomic E-state index is 2.71. The molecule has 1 unspecified atom stereocenters. The van der Waals surface area contributed by atoms with Crippen molar-refractivity contribution in [2.24, 2.45) is 11.8 Å². The van der Waals surface area contributed by atoms with Gasteiger partial charge in [0.05, 0.1) is 0 Å². The zero-order valence-electron chi connectivity index (χ0n) is 9.98. The van der Waals surface area contributed by atoms with Gasteiger partial charge in [0.1, 0.15) is 0 Å². The Morgan fingerprint density at radius 2 is 1.86 bits per heavy atom. The third-order valence-electron chi connectivity index (χ3n) is 4.11. The van der Waals surface area contributed by atoms with Crippen LogP contribution in [0.1, 0.15) is 65.7 Å². The molecule has 1 fully saturated rings. The van der Waals surface area contributed by atoms with Gasteiger partial charge in [-0.25, -0.2) is 0 Å². The zero-order valence-corrected chi connectivity index (χ0v) is 12.1. The molecule has 1 aliphatic carbocycles. The van der Waals surface area contributed by atoms with Crippen LogP contribution in [0.3, 0.4) is 0 Å². The van der Waals surface area contributed by atoms with Crippen LogP contribution >= 0.6 is 22.6 Å². The highest BCUT2D eigenvalue weighted by Crippen LogP contribution is 2.43. The monoisotopic (exact) mass is 308 g/mol. The molecule has 0 nitrogen and oxygen atoms in total. The Hall–Kier alpha value is 0.730. The second-order valence-corrected chi connectivity index (χ2v) is 7.40. The second-order valence-electron chi connectivity index (χ2n) is 5.11. The van der Waals surface area contributed by atoms with Crippen molar-refractivity contribution >= 4 is 22.6 Å². The summed E-state index contributed by atoms with van der Waals surface area (Å²) < 4.78 is 0.653. The highest BCUT2D eigenvalue weighted by molar-refractivity contribution is 14.1. The van der Waals surface area contributed by atoms with E-state index >= 15 is 0 Å². The smallest absolute Gasteiger partial charge is 0.0220 e. The molecule has 0 heterocycles. The lowest BCUT2D eigenvalue weighted by Gasteiger charge is -2.37. The predicted octanol–water partition coefficient (Wildman–Crippen LogP) is 5.20. The van der Waals surface area contributed by atoms with Crippen molar-refractivity contribution in [3.05, 3.63) is 0 Å². The fraction of sp³-hybridized carbons (Fsp3) is 1.00. The van der Waals surface area contributed by atoms with Crippen LogP contribution < -0.4 is 0 Å². The van der Waals surface area contributed by atoms with Crippen LogP contribution in [0.15, 0.2) is 0 Å². The van der Waals surface area contributed by atoms with Crippen molar-refractivity contribution in [1.82, 2.24) is 0 Å². The second kappa shape index (κ2) is 5.72. The van der Waals surface area contributed by atoms with E-state index in [2.05, 4.69) is 43.4 Å². The van der Waals surface area contributed by atoms with Crippen LogP contribution in [0, 0.1) is 11.8 Å². The van der Waals surface area contributed by atoms with E-state index in [0.29, 0.717) is 3.42 Å². The minimum Gasteiger partial charge on any atom is -0.0789 e. The van der Waals surface area contributed by atoms with Gasteiger partial charge in [0.15, 0.2) is 0 Å². The summed E-state index contributed by atoms with van der Waals surface area (Å²) in [6, 6.07) is 0. The quantitative estimate of drug-likeness (QED) is 0.495. The molecular weight excluding hydrogens is 283 g/mol. The normalized spacial score (nSPS) is 35.6. The molecule has 0 aromatic heterocycles. The lowest BCUT2D eigenvalue weighted by atomic mass is 9.74. The molecule has 1 rings (SSSR count). The molecule has 84 valence electrons. The zero-order chi connectivity index (χ0) is 10.6. The first-order valence-corrected chi connectivity index (χ1v) is 7.38. The summed E-state index contributed by atoms with van der Waals surface area (Å²) in [5.41, 5.74) is 0. The van der Waals surface area contributed by atoms with Gasteiger partial charge in [-0.05, 0) is 43.9 Å². The molecular formula is C13H25I. The molecule has 1 saturated carbocycles. The molecule has 0 saturated heterocycles. The van der Waals surface area contributed by atoms with E-state index in [9.17, 15) is 0 Å². The highest BCUT2D eigenvalue weighted by Gasteiger charge is 2.32. The lowest BCUT2D eigenvalue weighted by Crippen LogP contribution is -2.29. The fourth-order valence-corrected chi connectivity index (χ4v) is 3.39. The van der Waals surface area contributed by atoms with Crippen molar-refractivity contribution in [2.75, 3.05) is 0 Å². The van der Waals surface area contributed by atoms with E-state index in [4.69, 9.17) is 0 Å². The van der Waals surface area contributed by atoms with Crippen LogP contribution in [-0.4, -0.2) is 3.42 Å². The van der Waals surface area contributed by atoms with Crippen molar-refractivity contribution in [1.29, 1.82) is 0 Å². The van der Waals surface area contributed by atoms with E-state index in [1.54, 1.807) is 0 Å². The van der Waals surface area contributed by atoms with Crippen molar-refractivity contribution < 1.29 is 0 Å². The van der Waals surface area contributed by atoms with E-state index in [0.717, 1.165) is 11.8 Å². The topological polar surface area (TPSA) is 0 Å². The van der Waals surface area contributed by atoms with Gasteiger partial charge >= 0.3 is 0 Å². The van der Waals surface area contributed by atoms with Crippen molar-refractivity contribution in [3.8, 4) is 0 Å². The average molecular weight is 308 g/mol. The van der Waals surface area contributed by atoms with Crippen LogP contribution in [-0.2, 0) is 0 Å². The molecule has 0 spiro atoms. The predicted molar refractivity (Wildman–Crippen MR) is 73.1 cm³/mol. The summed E-state index contributed by atoms with van der Waals surface area (Å²) >= 11 is 2.71. The SMILES string of the molecule is CCCC(C)C1CCC(I)(CC)CC1. The summed E-state index contributed by atoms with van der Waals surface area (Å²) in [5.74, 6) is 2.00. The van der Waals surface area contributed by atoms with Crippen LogP contribution in [0.4, 0.5) is 0 Å². The summed E-state index contributed by atoms with van der Waals surface area (Å²) in [4.78, 5) is 0. The first kappa shape index (κ1) is 12.8. The van der Waals surface area contributed by atoms with Crippen molar-refractivity contribution in [2.45, 2.75) is 69.1 Å². The van der Waals surface area contributed by atoms with E-state index in [1.807, 2.05) is 0 Å². The first-order chi connectivity index (χ1) is 6.61. The number of halogens is 1. The fourth-order valence-electron chi connectivity index (χ4n) is 2.77. The van der Waals surface area contributed by atoms with E-state index in [1.165, 1.54) is 44.9 Å². The maximum Gasteiger partial charge on any atom is 0.0220 e. The standard InChI is InChI=1S/C13H25I/c1-4-6-11(3)12-7-9-13(14,5-2)10-8-12/h11-12H,4-10H2,1-3H3. The lowest BCUT2D eigenvalue weighted by molar-refractivity contribution is 0.226. The largest absolute Gasteiger partial charge is 0.0789 e. The Morgan fingerprint density at radius 3 is 2.29 bits per heavy atom. The Labute approximate surface area is 103 Å². The number of hydrogen-bond donors (Lipinski definition) is 0. The van der Waals surface area contributed by atoms with Gasteiger partial charge in [-0.15, -0.1) is 0 Å². The van der Waals surface area contributed by atoms with E-state index in [-0.39, 0.29) is 0 Å². The average Bonchev–Trinajstić information content (AvgIpc) is 2.19. The molecule has 0 bridgehead atoms. The van der Waals surface area contributed by atoms with Gasteiger partial charge in [0, 0.05) is 3.42 Å². The van der Waals surface area contributed by atoms with Crippen LogP contribution in [0.5, 0.6) is 0 Å². The molecule has 0 radical (unpaired) electrons. The Kier molecular flexibility index (Phi) is 5.22. The van der Waals surface area contributed by atoms with Gasteiger partial charge in [-0.1, -0.05) is 56.2 Å². The minimum absolute atomic E-state index is 0.653. The van der Waals surface area contributed by atoms with Crippen LogP contribution in [0.25, 0.3) is 0 Å². The van der Waals surface area contributed by atoms with Gasteiger partial charge in [-0.2, -0.15) is 0 Å².